The molecule has 5 rings (SSSR count). The van der Waals surface area contributed by atoms with Gasteiger partial charge in [-0.05, 0) is 36.3 Å². The second kappa shape index (κ2) is 12.0. The van der Waals surface area contributed by atoms with Crippen LogP contribution in [0, 0.1) is 11.8 Å². The van der Waals surface area contributed by atoms with Gasteiger partial charge >= 0.3 is 6.18 Å². The van der Waals surface area contributed by atoms with Gasteiger partial charge in [0.2, 0.25) is 5.82 Å². The molecule has 42 heavy (non-hydrogen) atoms. The minimum absolute atomic E-state index is 0.0681. The number of nitrogen functional groups attached to an aromatic ring is 1. The number of para-hydroxylation sites is 1. The van der Waals surface area contributed by atoms with Gasteiger partial charge in [0.05, 0.1) is 17.9 Å². The first kappa shape index (κ1) is 28.1. The molecule has 3 aromatic heterocycles. The zero-order valence-electron chi connectivity index (χ0n) is 22.1. The number of alkyl halides is 3. The van der Waals surface area contributed by atoms with E-state index in [0.29, 0.717) is 53.8 Å². The van der Waals surface area contributed by atoms with E-state index < -0.39 is 18.6 Å². The Kier molecular flexibility index (Phi) is 8.05. The fourth-order valence-electron chi connectivity index (χ4n) is 4.32. The molecule has 1 aliphatic rings. The van der Waals surface area contributed by atoms with Gasteiger partial charge in [0.1, 0.15) is 23.8 Å². The van der Waals surface area contributed by atoms with Crippen molar-refractivity contribution in [3.05, 3.63) is 66.4 Å². The number of piperazine rings is 1. The lowest BCUT2D eigenvalue weighted by Gasteiger charge is -2.36. The number of hydrogen-bond donors (Lipinski definition) is 3. The quantitative estimate of drug-likeness (QED) is 0.290. The van der Waals surface area contributed by atoms with E-state index in [0.717, 1.165) is 11.9 Å². The first-order valence-electron chi connectivity index (χ1n) is 12.8. The molecule has 12 nitrogen and oxygen atoms in total. The highest BCUT2D eigenvalue weighted by atomic mass is 19.4. The smallest absolute Gasteiger partial charge is 0.408 e. The largest absolute Gasteiger partial charge is 0.507 e. The minimum Gasteiger partial charge on any atom is -0.507 e. The van der Waals surface area contributed by atoms with Crippen LogP contribution >= 0.6 is 0 Å². The summed E-state index contributed by atoms with van der Waals surface area (Å²) in [5, 5.41) is 24.5. The maximum absolute atomic E-state index is 12.5. The number of carbonyl (C=O) groups is 1. The number of halogens is 3. The number of hydrogen-bond acceptors (Lipinski definition) is 10. The molecule has 0 saturated carbocycles. The number of phenols is 1. The SMILES string of the molecule is Nc1nnc(-c2ccccc2O)cc1N1CCN(c2ccnc(C#CCNC(=O)c3ccn(CC(F)(F)F)n3)n2)CC1. The van der Waals surface area contributed by atoms with E-state index >= 15 is 0 Å². The summed E-state index contributed by atoms with van der Waals surface area (Å²) in [7, 11) is 0. The van der Waals surface area contributed by atoms with E-state index in [2.05, 4.69) is 52.2 Å². The van der Waals surface area contributed by atoms with Crippen LogP contribution in [-0.4, -0.2) is 79.9 Å². The molecule has 1 fully saturated rings. The summed E-state index contributed by atoms with van der Waals surface area (Å²) in [6, 6.07) is 11.7. The molecular formula is C27H25F3N10O2. The average molecular weight is 579 g/mol. The molecule has 4 heterocycles. The summed E-state index contributed by atoms with van der Waals surface area (Å²) in [4.78, 5) is 25.0. The van der Waals surface area contributed by atoms with Crippen molar-refractivity contribution < 1.29 is 23.1 Å². The summed E-state index contributed by atoms with van der Waals surface area (Å²) < 4.78 is 38.1. The standard InChI is InChI=1S/C27H25F3N10O2/c28-27(29,30)17-40-11-8-19(37-40)26(42)33-9-3-6-23-32-10-7-24(34-23)39-14-12-38(13-15-39)21-16-20(35-36-25(21)31)18-4-1-2-5-22(18)41/h1-2,4-5,7-8,10-11,16,41H,9,12-15,17H2,(H2,31,36)(H,33,42). The third kappa shape index (κ3) is 6.84. The average Bonchev–Trinajstić information content (AvgIpc) is 3.43. The van der Waals surface area contributed by atoms with Crippen molar-refractivity contribution in [2.24, 2.45) is 0 Å². The predicted octanol–water partition coefficient (Wildman–Crippen LogP) is 2.09. The van der Waals surface area contributed by atoms with Crippen LogP contribution < -0.4 is 20.9 Å². The van der Waals surface area contributed by atoms with E-state index in [1.54, 1.807) is 30.5 Å². The number of rotatable bonds is 6. The van der Waals surface area contributed by atoms with Crippen molar-refractivity contribution in [1.82, 2.24) is 35.3 Å². The molecule has 1 aromatic carbocycles. The van der Waals surface area contributed by atoms with Crippen molar-refractivity contribution in [2.45, 2.75) is 12.7 Å². The molecule has 0 aliphatic carbocycles. The van der Waals surface area contributed by atoms with E-state index in [-0.39, 0.29) is 23.8 Å². The van der Waals surface area contributed by atoms with Crippen LogP contribution in [0.15, 0.2) is 54.9 Å². The van der Waals surface area contributed by atoms with Crippen molar-refractivity contribution in [2.75, 3.05) is 48.3 Å². The molecular weight excluding hydrogens is 553 g/mol. The van der Waals surface area contributed by atoms with Crippen LogP contribution in [0.2, 0.25) is 0 Å². The molecule has 1 amide bonds. The number of amides is 1. The van der Waals surface area contributed by atoms with Crippen LogP contribution in [0.3, 0.4) is 0 Å². The Morgan fingerprint density at radius 1 is 1.07 bits per heavy atom. The molecule has 15 heteroatoms. The van der Waals surface area contributed by atoms with Gasteiger partial charge in [0.25, 0.3) is 5.91 Å². The number of benzene rings is 1. The molecule has 216 valence electrons. The molecule has 0 unspecified atom stereocenters. The topological polar surface area (TPSA) is 151 Å². The third-order valence-electron chi connectivity index (χ3n) is 6.32. The number of aromatic hydroxyl groups is 1. The lowest BCUT2D eigenvalue weighted by molar-refractivity contribution is -0.142. The van der Waals surface area contributed by atoms with Crippen molar-refractivity contribution in [3.8, 4) is 28.8 Å². The van der Waals surface area contributed by atoms with Crippen molar-refractivity contribution >= 4 is 23.2 Å². The molecule has 0 bridgehead atoms. The van der Waals surface area contributed by atoms with Gasteiger partial charge in [0, 0.05) is 44.1 Å². The van der Waals surface area contributed by atoms with Crippen LogP contribution in [0.5, 0.6) is 5.75 Å². The number of nitrogens with two attached hydrogens (primary N) is 1. The summed E-state index contributed by atoms with van der Waals surface area (Å²) in [5.74, 6) is 6.23. The van der Waals surface area contributed by atoms with Crippen molar-refractivity contribution in [3.63, 3.8) is 0 Å². The number of carbonyl (C=O) groups excluding carboxylic acids is 1. The highest BCUT2D eigenvalue weighted by Crippen LogP contribution is 2.31. The zero-order valence-corrected chi connectivity index (χ0v) is 22.1. The first-order chi connectivity index (χ1) is 20.2. The van der Waals surface area contributed by atoms with Gasteiger partial charge in [-0.3, -0.25) is 9.48 Å². The Hall–Kier alpha value is -5.39. The van der Waals surface area contributed by atoms with Crippen LogP contribution in [0.25, 0.3) is 11.3 Å². The molecule has 4 N–H and O–H groups in total. The Balaban J connectivity index is 1.16. The maximum atomic E-state index is 12.5. The molecule has 1 saturated heterocycles. The first-order valence-corrected chi connectivity index (χ1v) is 12.8. The third-order valence-corrected chi connectivity index (χ3v) is 6.32. The number of phenolic OH excluding ortho intramolecular Hbond substituents is 1. The zero-order chi connectivity index (χ0) is 29.7. The monoisotopic (exact) mass is 578 g/mol. The fourth-order valence-corrected chi connectivity index (χ4v) is 4.32. The summed E-state index contributed by atoms with van der Waals surface area (Å²) in [6.07, 6.45) is -1.76. The molecule has 0 spiro atoms. The molecule has 4 aromatic rings. The van der Waals surface area contributed by atoms with Gasteiger partial charge < -0.3 is 26.0 Å². The Morgan fingerprint density at radius 2 is 1.83 bits per heavy atom. The Bertz CT molecular complexity index is 1640. The Labute approximate surface area is 238 Å². The van der Waals surface area contributed by atoms with Crippen LogP contribution in [-0.2, 0) is 6.54 Å². The van der Waals surface area contributed by atoms with E-state index in [1.807, 2.05) is 12.1 Å². The van der Waals surface area contributed by atoms with Gasteiger partial charge in [0.15, 0.2) is 5.82 Å². The second-order valence-corrected chi connectivity index (χ2v) is 9.23. The molecule has 0 atom stereocenters. The number of anilines is 3. The lowest BCUT2D eigenvalue weighted by Crippen LogP contribution is -2.47. The van der Waals surface area contributed by atoms with E-state index in [4.69, 9.17) is 5.73 Å². The highest BCUT2D eigenvalue weighted by molar-refractivity contribution is 5.92. The van der Waals surface area contributed by atoms with Gasteiger partial charge in [-0.2, -0.15) is 18.3 Å². The highest BCUT2D eigenvalue weighted by Gasteiger charge is 2.28. The maximum Gasteiger partial charge on any atom is 0.408 e. The molecule has 0 radical (unpaired) electrons. The summed E-state index contributed by atoms with van der Waals surface area (Å²) in [5.41, 5.74) is 7.81. The fraction of sp³-hybridized carbons (Fsp3) is 0.259. The van der Waals surface area contributed by atoms with Crippen molar-refractivity contribution in [1.29, 1.82) is 0 Å². The van der Waals surface area contributed by atoms with Crippen LogP contribution in [0.1, 0.15) is 16.3 Å². The number of aromatic nitrogens is 6. The van der Waals surface area contributed by atoms with Gasteiger partial charge in [-0.25, -0.2) is 9.97 Å². The summed E-state index contributed by atoms with van der Waals surface area (Å²) in [6.45, 7) is 1.18. The number of nitrogens with one attached hydrogen (secondary N) is 1. The summed E-state index contributed by atoms with van der Waals surface area (Å²) >= 11 is 0. The van der Waals surface area contributed by atoms with E-state index in [9.17, 15) is 23.1 Å². The second-order valence-electron chi connectivity index (χ2n) is 9.23. The predicted molar refractivity (Wildman–Crippen MR) is 147 cm³/mol. The van der Waals surface area contributed by atoms with Crippen LogP contribution in [0.4, 0.5) is 30.5 Å². The van der Waals surface area contributed by atoms with Gasteiger partial charge in [-0.15, -0.1) is 10.2 Å². The normalized spacial score (nSPS) is 13.4. The van der Waals surface area contributed by atoms with E-state index in [1.165, 1.54) is 6.07 Å². The minimum atomic E-state index is -4.43. The number of nitrogens with zero attached hydrogens (tertiary/aromatic N) is 8. The molecule has 1 aliphatic heterocycles. The Morgan fingerprint density at radius 3 is 2.60 bits per heavy atom. The van der Waals surface area contributed by atoms with Gasteiger partial charge in [-0.1, -0.05) is 18.1 Å². The lowest BCUT2D eigenvalue weighted by atomic mass is 10.1.